The number of aliphatic imine (C=N–C) groups is 1. The summed E-state index contributed by atoms with van der Waals surface area (Å²) in [5.41, 5.74) is 0.424. The normalized spacial score (nSPS) is 30.4. The van der Waals surface area contributed by atoms with E-state index in [9.17, 15) is 0 Å². The zero-order chi connectivity index (χ0) is 15.8. The maximum atomic E-state index is 5.69. The summed E-state index contributed by atoms with van der Waals surface area (Å²) >= 11 is 0. The SMILES string of the molecule is CCCC1(C)CCCN(C(=NCC2COCCO2)NCC)C1. The van der Waals surface area contributed by atoms with Crippen molar-refractivity contribution in [2.24, 2.45) is 10.4 Å². The molecule has 0 aromatic rings. The second-order valence-corrected chi connectivity index (χ2v) is 6.85. The Hall–Kier alpha value is -0.810. The number of nitrogens with one attached hydrogen (secondary N) is 1. The summed E-state index contributed by atoms with van der Waals surface area (Å²) in [4.78, 5) is 7.25. The monoisotopic (exact) mass is 311 g/mol. The van der Waals surface area contributed by atoms with E-state index in [-0.39, 0.29) is 6.10 Å². The molecule has 0 aromatic carbocycles. The smallest absolute Gasteiger partial charge is 0.194 e. The number of rotatable bonds is 5. The van der Waals surface area contributed by atoms with Gasteiger partial charge in [-0.25, -0.2) is 0 Å². The van der Waals surface area contributed by atoms with Crippen molar-refractivity contribution in [1.82, 2.24) is 10.2 Å². The molecule has 0 amide bonds. The third-order valence-electron chi connectivity index (χ3n) is 4.60. The number of guanidine groups is 1. The summed E-state index contributed by atoms with van der Waals surface area (Å²) in [6, 6.07) is 0. The Morgan fingerprint density at radius 1 is 1.36 bits per heavy atom. The molecule has 2 fully saturated rings. The second-order valence-electron chi connectivity index (χ2n) is 6.85. The van der Waals surface area contributed by atoms with Crippen LogP contribution in [0, 0.1) is 5.41 Å². The van der Waals surface area contributed by atoms with Gasteiger partial charge >= 0.3 is 0 Å². The molecule has 5 nitrogen and oxygen atoms in total. The standard InChI is InChI=1S/C17H33N3O2/c1-4-7-17(3)8-6-9-20(14-17)16(18-5-2)19-12-15-13-21-10-11-22-15/h15H,4-14H2,1-3H3,(H,18,19). The van der Waals surface area contributed by atoms with Crippen molar-refractivity contribution in [2.75, 3.05) is 46.0 Å². The van der Waals surface area contributed by atoms with Gasteiger partial charge in [0, 0.05) is 19.6 Å². The molecule has 2 rings (SSSR count). The van der Waals surface area contributed by atoms with Crippen molar-refractivity contribution in [3.05, 3.63) is 0 Å². The zero-order valence-electron chi connectivity index (χ0n) is 14.6. The third kappa shape index (κ3) is 5.13. The lowest BCUT2D eigenvalue weighted by atomic mass is 9.78. The fraction of sp³-hybridized carbons (Fsp3) is 0.941. The van der Waals surface area contributed by atoms with Crippen molar-refractivity contribution in [2.45, 2.75) is 52.6 Å². The Morgan fingerprint density at radius 2 is 2.23 bits per heavy atom. The van der Waals surface area contributed by atoms with Crippen molar-refractivity contribution in [3.8, 4) is 0 Å². The first kappa shape index (κ1) is 17.5. The summed E-state index contributed by atoms with van der Waals surface area (Å²) in [7, 11) is 0. The second kappa shape index (κ2) is 8.73. The largest absolute Gasteiger partial charge is 0.376 e. The van der Waals surface area contributed by atoms with Gasteiger partial charge in [0.2, 0.25) is 0 Å². The molecule has 0 spiro atoms. The first-order valence-corrected chi connectivity index (χ1v) is 8.89. The van der Waals surface area contributed by atoms with E-state index in [1.165, 1.54) is 25.7 Å². The number of hydrogen-bond acceptors (Lipinski definition) is 3. The molecule has 2 atom stereocenters. The highest BCUT2D eigenvalue weighted by Crippen LogP contribution is 2.33. The molecule has 0 bridgehead atoms. The minimum Gasteiger partial charge on any atom is -0.376 e. The Labute approximate surface area is 135 Å². The summed E-state index contributed by atoms with van der Waals surface area (Å²) in [6.07, 6.45) is 5.24. The van der Waals surface area contributed by atoms with Gasteiger partial charge in [0.1, 0.15) is 6.10 Å². The van der Waals surface area contributed by atoms with Crippen LogP contribution in [0.15, 0.2) is 4.99 Å². The summed E-state index contributed by atoms with van der Waals surface area (Å²) in [5.74, 6) is 1.04. The minimum absolute atomic E-state index is 0.106. The Balaban J connectivity index is 1.96. The van der Waals surface area contributed by atoms with E-state index < -0.39 is 0 Å². The van der Waals surface area contributed by atoms with Crippen LogP contribution < -0.4 is 5.32 Å². The molecule has 0 saturated carbocycles. The molecule has 128 valence electrons. The van der Waals surface area contributed by atoms with E-state index in [2.05, 4.69) is 31.0 Å². The number of piperidine rings is 1. The molecule has 2 heterocycles. The number of nitrogens with zero attached hydrogens (tertiary/aromatic N) is 2. The minimum atomic E-state index is 0.106. The van der Waals surface area contributed by atoms with Gasteiger partial charge in [-0.15, -0.1) is 0 Å². The average Bonchev–Trinajstić information content (AvgIpc) is 2.52. The maximum Gasteiger partial charge on any atom is 0.194 e. The molecule has 2 saturated heterocycles. The Bertz CT molecular complexity index is 352. The van der Waals surface area contributed by atoms with Crippen molar-refractivity contribution >= 4 is 5.96 Å². The molecule has 1 N–H and O–H groups in total. The van der Waals surface area contributed by atoms with Crippen LogP contribution in [0.25, 0.3) is 0 Å². The van der Waals surface area contributed by atoms with Gasteiger partial charge < -0.3 is 19.7 Å². The maximum absolute atomic E-state index is 5.69. The highest BCUT2D eigenvalue weighted by molar-refractivity contribution is 5.80. The molecule has 2 aliphatic rings. The van der Waals surface area contributed by atoms with E-state index >= 15 is 0 Å². The molecular weight excluding hydrogens is 278 g/mol. The highest BCUT2D eigenvalue weighted by atomic mass is 16.6. The van der Waals surface area contributed by atoms with Crippen LogP contribution in [0.1, 0.15) is 46.5 Å². The fourth-order valence-corrected chi connectivity index (χ4v) is 3.56. The summed E-state index contributed by atoms with van der Waals surface area (Å²) in [6.45, 7) is 12.7. The van der Waals surface area contributed by atoms with Gasteiger partial charge in [0.25, 0.3) is 0 Å². The molecular formula is C17H33N3O2. The lowest BCUT2D eigenvalue weighted by molar-refractivity contribution is -0.0833. The molecule has 5 heteroatoms. The van der Waals surface area contributed by atoms with Crippen LogP contribution in [-0.2, 0) is 9.47 Å². The number of likely N-dealkylation sites (tertiary alicyclic amines) is 1. The van der Waals surface area contributed by atoms with Crippen LogP contribution in [0.3, 0.4) is 0 Å². The fourth-order valence-electron chi connectivity index (χ4n) is 3.56. The van der Waals surface area contributed by atoms with Gasteiger partial charge in [0.05, 0.1) is 26.4 Å². The summed E-state index contributed by atoms with van der Waals surface area (Å²) < 4.78 is 11.2. The molecule has 2 aliphatic heterocycles. The Morgan fingerprint density at radius 3 is 2.91 bits per heavy atom. The van der Waals surface area contributed by atoms with Crippen LogP contribution in [0.2, 0.25) is 0 Å². The predicted octanol–water partition coefficient (Wildman–Crippen LogP) is 2.27. The van der Waals surface area contributed by atoms with Crippen LogP contribution in [0.4, 0.5) is 0 Å². The van der Waals surface area contributed by atoms with Crippen molar-refractivity contribution in [1.29, 1.82) is 0 Å². The highest BCUT2D eigenvalue weighted by Gasteiger charge is 2.31. The first-order valence-electron chi connectivity index (χ1n) is 8.89. The van der Waals surface area contributed by atoms with E-state index in [1.807, 2.05) is 0 Å². The van der Waals surface area contributed by atoms with Gasteiger partial charge in [0.15, 0.2) is 5.96 Å². The van der Waals surface area contributed by atoms with Crippen LogP contribution >= 0.6 is 0 Å². The van der Waals surface area contributed by atoms with E-state index in [0.717, 1.165) is 25.6 Å². The zero-order valence-corrected chi connectivity index (χ0v) is 14.6. The van der Waals surface area contributed by atoms with Crippen molar-refractivity contribution in [3.63, 3.8) is 0 Å². The summed E-state index contributed by atoms with van der Waals surface area (Å²) in [5, 5.41) is 3.45. The molecule has 2 unspecified atom stereocenters. The van der Waals surface area contributed by atoms with E-state index in [1.54, 1.807) is 0 Å². The number of hydrogen-bond donors (Lipinski definition) is 1. The quantitative estimate of drug-likeness (QED) is 0.625. The van der Waals surface area contributed by atoms with E-state index in [4.69, 9.17) is 14.5 Å². The molecule has 0 aliphatic carbocycles. The van der Waals surface area contributed by atoms with Crippen LogP contribution in [-0.4, -0.2) is 63.0 Å². The predicted molar refractivity (Wildman–Crippen MR) is 90.4 cm³/mol. The van der Waals surface area contributed by atoms with Crippen molar-refractivity contribution < 1.29 is 9.47 Å². The number of ether oxygens (including phenoxy) is 2. The van der Waals surface area contributed by atoms with Gasteiger partial charge in [-0.1, -0.05) is 20.3 Å². The molecule has 0 aromatic heterocycles. The van der Waals surface area contributed by atoms with E-state index in [0.29, 0.717) is 31.8 Å². The lowest BCUT2D eigenvalue weighted by Gasteiger charge is -2.42. The van der Waals surface area contributed by atoms with Crippen LogP contribution in [0.5, 0.6) is 0 Å². The third-order valence-corrected chi connectivity index (χ3v) is 4.60. The Kier molecular flexibility index (Phi) is 6.96. The van der Waals surface area contributed by atoms with Gasteiger partial charge in [-0.2, -0.15) is 0 Å². The first-order chi connectivity index (χ1) is 10.7. The topological polar surface area (TPSA) is 46.1 Å². The lowest BCUT2D eigenvalue weighted by Crippen LogP contribution is -2.50. The molecule has 0 radical (unpaired) electrons. The molecule has 22 heavy (non-hydrogen) atoms. The van der Waals surface area contributed by atoms with Gasteiger partial charge in [-0.05, 0) is 31.6 Å². The average molecular weight is 311 g/mol. The van der Waals surface area contributed by atoms with Gasteiger partial charge in [-0.3, -0.25) is 4.99 Å².